The number of amidine groups is 2. The third kappa shape index (κ3) is 7.49. The highest BCUT2D eigenvalue weighted by atomic mass is 15.2. The molecule has 1 atom stereocenters. The summed E-state index contributed by atoms with van der Waals surface area (Å²) in [5, 5.41) is 8.59. The minimum Gasteiger partial charge on any atom is -0.344 e. The van der Waals surface area contributed by atoms with Crippen LogP contribution in [0.15, 0.2) is 283 Å². The maximum Gasteiger partial charge on any atom is 0.159 e. The number of nitrogens with one attached hydrogen (secondary N) is 1. The first-order chi connectivity index (χ1) is 36.7. The van der Waals surface area contributed by atoms with Crippen LogP contribution in [0.1, 0.15) is 22.9 Å². The number of nitrogens with zero attached hydrogens (tertiary/aromatic N) is 4. The van der Waals surface area contributed by atoms with E-state index in [-0.39, 0.29) is 6.17 Å². The Balaban J connectivity index is 1.08. The van der Waals surface area contributed by atoms with Crippen molar-refractivity contribution >= 4 is 55.3 Å². The van der Waals surface area contributed by atoms with Crippen LogP contribution in [0.5, 0.6) is 0 Å². The summed E-state index contributed by atoms with van der Waals surface area (Å²) in [6.45, 7) is 0. The lowest BCUT2D eigenvalue weighted by Crippen LogP contribution is -2.33. The predicted octanol–water partition coefficient (Wildman–Crippen LogP) is 17.0. The standard InChI is InChI=1S/C69H47N5/c1-6-20-46(21-7-1)48-34-38-50(39-35-48)58-42-54(69-71-67(52-24-10-3-11-25-52)70-68(72-69)53-26-12-4-13-27-53)43-59(51-40-36-49(37-41-51)47-22-8-2-9-23-47)66(58)74-63-33-19-17-31-57(63)61-44-64-60(45-65(61)74)56-30-16-18-32-62(56)73(64)55-28-14-5-15-29-55/h1-45,67H,(H,70,71,72). The van der Waals surface area contributed by atoms with Crippen LogP contribution in [0.2, 0.25) is 0 Å². The molecule has 11 aromatic carbocycles. The van der Waals surface area contributed by atoms with E-state index in [2.05, 4.69) is 275 Å². The van der Waals surface area contributed by atoms with Crippen molar-refractivity contribution in [1.82, 2.24) is 14.5 Å². The summed E-state index contributed by atoms with van der Waals surface area (Å²) in [5.74, 6) is 1.43. The summed E-state index contributed by atoms with van der Waals surface area (Å²) in [4.78, 5) is 10.6. The second-order valence-electron chi connectivity index (χ2n) is 19.0. The largest absolute Gasteiger partial charge is 0.344 e. The lowest BCUT2D eigenvalue weighted by Gasteiger charge is -2.26. The third-order valence-electron chi connectivity index (χ3n) is 14.6. The second kappa shape index (κ2) is 18.1. The van der Waals surface area contributed by atoms with Crippen LogP contribution in [0, 0.1) is 0 Å². The van der Waals surface area contributed by atoms with Gasteiger partial charge in [0.1, 0.15) is 12.0 Å². The molecule has 0 fully saturated rings. The number of para-hydroxylation sites is 3. The molecule has 5 heteroatoms. The van der Waals surface area contributed by atoms with E-state index in [0.717, 1.165) is 78.3 Å². The molecule has 0 amide bonds. The van der Waals surface area contributed by atoms with E-state index in [1.54, 1.807) is 0 Å². The van der Waals surface area contributed by atoms with Gasteiger partial charge < -0.3 is 14.5 Å². The molecule has 74 heavy (non-hydrogen) atoms. The van der Waals surface area contributed by atoms with Gasteiger partial charge in [-0.3, -0.25) is 0 Å². The highest BCUT2D eigenvalue weighted by molar-refractivity contribution is 6.20. The second-order valence-corrected chi connectivity index (χ2v) is 19.0. The Kier molecular flexibility index (Phi) is 10.5. The molecular weight excluding hydrogens is 899 g/mol. The fraction of sp³-hybridized carbons (Fsp3) is 0.0145. The van der Waals surface area contributed by atoms with Crippen LogP contribution in [0.4, 0.5) is 0 Å². The summed E-state index contributed by atoms with van der Waals surface area (Å²) < 4.78 is 4.95. The summed E-state index contributed by atoms with van der Waals surface area (Å²) in [6.07, 6.45) is -0.362. The molecule has 0 saturated carbocycles. The zero-order valence-corrected chi connectivity index (χ0v) is 40.3. The van der Waals surface area contributed by atoms with Crippen molar-refractivity contribution in [2.45, 2.75) is 6.17 Å². The smallest absolute Gasteiger partial charge is 0.159 e. The molecular formula is C69H47N5. The van der Waals surface area contributed by atoms with Crippen molar-refractivity contribution in [3.05, 3.63) is 290 Å². The molecule has 3 heterocycles. The van der Waals surface area contributed by atoms with E-state index in [4.69, 9.17) is 9.98 Å². The van der Waals surface area contributed by atoms with Crippen LogP contribution in [-0.2, 0) is 0 Å². The Hall–Kier alpha value is -9.84. The Bertz CT molecular complexity index is 4170. The fourth-order valence-electron chi connectivity index (χ4n) is 11.0. The first-order valence-electron chi connectivity index (χ1n) is 25.3. The Morgan fingerprint density at radius 2 is 0.716 bits per heavy atom. The molecule has 348 valence electrons. The van der Waals surface area contributed by atoms with Crippen molar-refractivity contribution < 1.29 is 0 Å². The molecule has 0 radical (unpaired) electrons. The minimum atomic E-state index is -0.362. The van der Waals surface area contributed by atoms with E-state index >= 15 is 0 Å². The first kappa shape index (κ1) is 43.0. The highest BCUT2D eigenvalue weighted by Crippen LogP contribution is 2.45. The molecule has 13 aromatic rings. The van der Waals surface area contributed by atoms with Gasteiger partial charge in [-0.05, 0) is 87.5 Å². The van der Waals surface area contributed by atoms with Gasteiger partial charge in [0.2, 0.25) is 0 Å². The van der Waals surface area contributed by atoms with Gasteiger partial charge >= 0.3 is 0 Å². The quantitative estimate of drug-likeness (QED) is 0.154. The topological polar surface area (TPSA) is 46.6 Å². The van der Waals surface area contributed by atoms with Crippen molar-refractivity contribution in [2.24, 2.45) is 9.98 Å². The maximum absolute atomic E-state index is 5.40. The van der Waals surface area contributed by atoms with Crippen LogP contribution in [-0.4, -0.2) is 20.8 Å². The molecule has 1 aliphatic rings. The first-order valence-corrected chi connectivity index (χ1v) is 25.3. The van der Waals surface area contributed by atoms with E-state index in [0.29, 0.717) is 5.84 Å². The van der Waals surface area contributed by atoms with Gasteiger partial charge in [-0.15, -0.1) is 0 Å². The molecule has 5 nitrogen and oxygen atoms in total. The maximum atomic E-state index is 5.40. The summed E-state index contributed by atoms with van der Waals surface area (Å²) >= 11 is 0. The Morgan fingerprint density at radius 1 is 0.311 bits per heavy atom. The van der Waals surface area contributed by atoms with Crippen LogP contribution in [0.3, 0.4) is 0 Å². The number of hydrogen-bond donors (Lipinski definition) is 1. The lowest BCUT2D eigenvalue weighted by molar-refractivity contribution is 0.674. The number of rotatable bonds is 9. The van der Waals surface area contributed by atoms with Gasteiger partial charge in [-0.1, -0.05) is 224 Å². The minimum absolute atomic E-state index is 0.362. The number of fused-ring (bicyclic) bond motifs is 6. The predicted molar refractivity (Wildman–Crippen MR) is 309 cm³/mol. The number of aliphatic imine (C=N–C) groups is 2. The number of benzene rings is 11. The molecule has 14 rings (SSSR count). The van der Waals surface area contributed by atoms with Crippen LogP contribution in [0.25, 0.3) is 99.5 Å². The molecule has 1 aliphatic heterocycles. The van der Waals surface area contributed by atoms with E-state index < -0.39 is 0 Å². The zero-order valence-electron chi connectivity index (χ0n) is 40.3. The highest BCUT2D eigenvalue weighted by Gasteiger charge is 2.27. The summed E-state index contributed by atoms with van der Waals surface area (Å²) in [6, 6.07) is 98.1. The molecule has 2 aromatic heterocycles. The lowest BCUT2D eigenvalue weighted by atomic mass is 9.90. The Morgan fingerprint density at radius 3 is 1.24 bits per heavy atom. The van der Waals surface area contributed by atoms with Crippen LogP contribution < -0.4 is 5.32 Å². The monoisotopic (exact) mass is 945 g/mol. The summed E-state index contributed by atoms with van der Waals surface area (Å²) in [5.41, 5.74) is 18.8. The van der Waals surface area contributed by atoms with Gasteiger partial charge in [-0.25, -0.2) is 9.98 Å². The normalized spacial score (nSPS) is 13.5. The van der Waals surface area contributed by atoms with Gasteiger partial charge in [-0.2, -0.15) is 0 Å². The average Bonchev–Trinajstić information content (AvgIpc) is 3.99. The average molecular weight is 946 g/mol. The summed E-state index contributed by atoms with van der Waals surface area (Å²) in [7, 11) is 0. The van der Waals surface area contributed by atoms with E-state index in [1.165, 1.54) is 43.7 Å². The third-order valence-corrected chi connectivity index (χ3v) is 14.6. The molecule has 1 unspecified atom stereocenters. The van der Waals surface area contributed by atoms with Gasteiger partial charge in [0.25, 0.3) is 0 Å². The SMILES string of the molecule is c1ccc(C2=NC(c3ccccc3)NC(c3cc(-c4ccc(-c5ccccc5)cc4)c(-n4c5ccccc5c5cc6c(cc54)c4ccccc4n6-c4ccccc4)c(-c4ccc(-c5ccccc5)cc4)c3)=N2)cc1. The van der Waals surface area contributed by atoms with E-state index in [9.17, 15) is 0 Å². The molecule has 0 aliphatic carbocycles. The molecule has 0 bridgehead atoms. The van der Waals surface area contributed by atoms with Crippen molar-refractivity contribution in [1.29, 1.82) is 0 Å². The number of aromatic nitrogens is 2. The van der Waals surface area contributed by atoms with Crippen LogP contribution >= 0.6 is 0 Å². The Labute approximate surface area is 429 Å². The van der Waals surface area contributed by atoms with Gasteiger partial charge in [0.05, 0.1) is 27.8 Å². The van der Waals surface area contributed by atoms with E-state index in [1.807, 2.05) is 12.1 Å². The number of hydrogen-bond acceptors (Lipinski definition) is 3. The van der Waals surface area contributed by atoms with Crippen molar-refractivity contribution in [3.63, 3.8) is 0 Å². The molecule has 0 saturated heterocycles. The van der Waals surface area contributed by atoms with Crippen molar-refractivity contribution in [2.75, 3.05) is 0 Å². The fourth-order valence-corrected chi connectivity index (χ4v) is 11.0. The van der Waals surface area contributed by atoms with Gasteiger partial charge in [0.15, 0.2) is 5.84 Å². The van der Waals surface area contributed by atoms with Crippen molar-refractivity contribution in [3.8, 4) is 55.9 Å². The zero-order chi connectivity index (χ0) is 49.0. The molecule has 1 N–H and O–H groups in total. The van der Waals surface area contributed by atoms with Gasteiger partial charge in [0, 0.05) is 49.5 Å². The molecule has 0 spiro atoms.